The lowest BCUT2D eigenvalue weighted by Crippen LogP contribution is -2.32. The topological polar surface area (TPSA) is 50.4 Å². The summed E-state index contributed by atoms with van der Waals surface area (Å²) in [6.45, 7) is 4.92. The molecule has 0 aromatic heterocycles. The molecule has 2 N–H and O–H groups in total. The number of fused-ring (bicyclic) bond motifs is 1. The van der Waals surface area contributed by atoms with Crippen LogP contribution in [0.15, 0.2) is 18.2 Å². The largest absolute Gasteiger partial charge is 0.381 e. The number of carbonyl (C=O) groups excluding carboxylic acids is 1. The predicted octanol–water partition coefficient (Wildman–Crippen LogP) is 2.80. The number of hydrogen-bond acceptors (Lipinski definition) is 3. The maximum atomic E-state index is 12.3. The van der Waals surface area contributed by atoms with Gasteiger partial charge >= 0.3 is 0 Å². The fourth-order valence-electron chi connectivity index (χ4n) is 3.01. The standard InChI is InChI=1S/C16H22N2O2/c1-10-8-9-20-15(10)16(19)18-13-5-3-4-12-7-6-11(2)17-14(12)13/h3-5,10-11,15,17H,6-9H2,1-2H3,(H,18,19). The van der Waals surface area contributed by atoms with Crippen molar-refractivity contribution in [3.63, 3.8) is 0 Å². The Morgan fingerprint density at radius 1 is 1.35 bits per heavy atom. The SMILES string of the molecule is CC1CCc2cccc(NC(=O)C3OCCC3C)c2N1. The van der Waals surface area contributed by atoms with Crippen molar-refractivity contribution in [1.82, 2.24) is 0 Å². The normalized spacial score (nSPS) is 28.6. The molecular formula is C16H22N2O2. The fraction of sp³-hybridized carbons (Fsp3) is 0.562. The Kier molecular flexibility index (Phi) is 3.66. The summed E-state index contributed by atoms with van der Waals surface area (Å²) in [7, 11) is 0. The summed E-state index contributed by atoms with van der Waals surface area (Å²) in [5, 5.41) is 6.52. The van der Waals surface area contributed by atoms with Crippen LogP contribution in [-0.4, -0.2) is 24.7 Å². The van der Waals surface area contributed by atoms with E-state index in [0.29, 0.717) is 18.6 Å². The van der Waals surface area contributed by atoms with Crippen LogP contribution in [0.2, 0.25) is 0 Å². The van der Waals surface area contributed by atoms with E-state index < -0.39 is 0 Å². The Bertz CT molecular complexity index is 515. The molecule has 4 heteroatoms. The van der Waals surface area contributed by atoms with Crippen LogP contribution in [0.5, 0.6) is 0 Å². The molecule has 1 aromatic rings. The highest BCUT2D eigenvalue weighted by Crippen LogP contribution is 2.32. The number of amides is 1. The number of nitrogens with one attached hydrogen (secondary N) is 2. The van der Waals surface area contributed by atoms with Crippen LogP contribution in [0.25, 0.3) is 0 Å². The third kappa shape index (κ3) is 2.52. The van der Waals surface area contributed by atoms with Gasteiger partial charge in [0.05, 0.1) is 11.4 Å². The zero-order valence-electron chi connectivity index (χ0n) is 12.1. The maximum absolute atomic E-state index is 12.3. The summed E-state index contributed by atoms with van der Waals surface area (Å²) in [6.07, 6.45) is 2.84. The third-order valence-electron chi connectivity index (χ3n) is 4.29. The van der Waals surface area contributed by atoms with Gasteiger partial charge in [0.15, 0.2) is 0 Å². The molecule has 108 valence electrons. The van der Waals surface area contributed by atoms with Crippen LogP contribution >= 0.6 is 0 Å². The molecule has 3 atom stereocenters. The summed E-state index contributed by atoms with van der Waals surface area (Å²) in [4.78, 5) is 12.3. The van der Waals surface area contributed by atoms with Crippen LogP contribution in [0.1, 0.15) is 32.3 Å². The van der Waals surface area contributed by atoms with E-state index in [-0.39, 0.29) is 12.0 Å². The first-order valence-electron chi connectivity index (χ1n) is 7.46. The molecule has 0 spiro atoms. The van der Waals surface area contributed by atoms with Gasteiger partial charge in [0.2, 0.25) is 0 Å². The quantitative estimate of drug-likeness (QED) is 0.872. The zero-order chi connectivity index (χ0) is 14.1. The number of hydrogen-bond donors (Lipinski definition) is 2. The van der Waals surface area contributed by atoms with Gasteiger partial charge in [0.1, 0.15) is 6.10 Å². The number of aryl methyl sites for hydroxylation is 1. The molecule has 2 aliphatic heterocycles. The minimum atomic E-state index is -0.313. The maximum Gasteiger partial charge on any atom is 0.253 e. The van der Waals surface area contributed by atoms with Crippen molar-refractivity contribution in [2.45, 2.75) is 45.3 Å². The lowest BCUT2D eigenvalue weighted by Gasteiger charge is -2.27. The van der Waals surface area contributed by atoms with Gasteiger partial charge in [-0.15, -0.1) is 0 Å². The van der Waals surface area contributed by atoms with Crippen molar-refractivity contribution >= 4 is 17.3 Å². The van der Waals surface area contributed by atoms with Crippen LogP contribution in [0.4, 0.5) is 11.4 Å². The highest BCUT2D eigenvalue weighted by Gasteiger charge is 2.31. The molecule has 0 saturated carbocycles. The van der Waals surface area contributed by atoms with E-state index in [4.69, 9.17) is 4.74 Å². The van der Waals surface area contributed by atoms with E-state index in [1.807, 2.05) is 12.1 Å². The molecule has 1 amide bonds. The monoisotopic (exact) mass is 274 g/mol. The van der Waals surface area contributed by atoms with Gasteiger partial charge in [0, 0.05) is 12.6 Å². The summed E-state index contributed by atoms with van der Waals surface area (Å²) < 4.78 is 5.53. The van der Waals surface area contributed by atoms with Gasteiger partial charge in [-0.05, 0) is 43.7 Å². The Morgan fingerprint density at radius 2 is 2.20 bits per heavy atom. The van der Waals surface area contributed by atoms with Crippen molar-refractivity contribution in [1.29, 1.82) is 0 Å². The number of anilines is 2. The van der Waals surface area contributed by atoms with E-state index in [2.05, 4.69) is 30.5 Å². The second-order valence-electron chi connectivity index (χ2n) is 5.97. The molecule has 1 saturated heterocycles. The minimum Gasteiger partial charge on any atom is -0.381 e. The van der Waals surface area contributed by atoms with Crippen LogP contribution in [0, 0.1) is 5.92 Å². The number of benzene rings is 1. The Labute approximate surface area is 119 Å². The molecule has 4 nitrogen and oxygen atoms in total. The smallest absolute Gasteiger partial charge is 0.253 e. The first-order valence-corrected chi connectivity index (χ1v) is 7.46. The van der Waals surface area contributed by atoms with Crippen molar-refractivity contribution in [2.24, 2.45) is 5.92 Å². The first kappa shape index (κ1) is 13.4. The second-order valence-corrected chi connectivity index (χ2v) is 5.97. The van der Waals surface area contributed by atoms with E-state index >= 15 is 0 Å². The van der Waals surface area contributed by atoms with Gasteiger partial charge in [-0.25, -0.2) is 0 Å². The van der Waals surface area contributed by atoms with E-state index in [0.717, 1.165) is 30.6 Å². The average molecular weight is 274 g/mol. The van der Waals surface area contributed by atoms with Crippen LogP contribution in [-0.2, 0) is 16.0 Å². The summed E-state index contributed by atoms with van der Waals surface area (Å²) in [5.74, 6) is 0.268. The molecule has 3 rings (SSSR count). The molecule has 1 aromatic carbocycles. The van der Waals surface area contributed by atoms with E-state index in [1.165, 1.54) is 5.56 Å². The lowest BCUT2D eigenvalue weighted by atomic mass is 9.97. The highest BCUT2D eigenvalue weighted by atomic mass is 16.5. The highest BCUT2D eigenvalue weighted by molar-refractivity contribution is 5.98. The third-order valence-corrected chi connectivity index (χ3v) is 4.29. The van der Waals surface area contributed by atoms with Crippen molar-refractivity contribution < 1.29 is 9.53 Å². The lowest BCUT2D eigenvalue weighted by molar-refractivity contribution is -0.126. The summed E-state index contributed by atoms with van der Waals surface area (Å²) in [5.41, 5.74) is 3.23. The zero-order valence-corrected chi connectivity index (χ0v) is 12.1. The number of para-hydroxylation sites is 1. The second kappa shape index (κ2) is 5.44. The molecule has 0 radical (unpaired) electrons. The minimum absolute atomic E-state index is 0.0246. The predicted molar refractivity (Wildman–Crippen MR) is 80.0 cm³/mol. The molecule has 3 unspecified atom stereocenters. The fourth-order valence-corrected chi connectivity index (χ4v) is 3.01. The number of rotatable bonds is 2. The molecule has 2 heterocycles. The molecule has 2 aliphatic rings. The first-order chi connectivity index (χ1) is 9.65. The van der Waals surface area contributed by atoms with Crippen molar-refractivity contribution in [3.8, 4) is 0 Å². The Balaban J connectivity index is 1.79. The van der Waals surface area contributed by atoms with Crippen LogP contribution < -0.4 is 10.6 Å². The molecule has 0 bridgehead atoms. The molecule has 1 fully saturated rings. The summed E-state index contributed by atoms with van der Waals surface area (Å²) in [6, 6.07) is 6.53. The van der Waals surface area contributed by atoms with E-state index in [9.17, 15) is 4.79 Å². The number of carbonyl (C=O) groups is 1. The summed E-state index contributed by atoms with van der Waals surface area (Å²) >= 11 is 0. The van der Waals surface area contributed by atoms with E-state index in [1.54, 1.807) is 0 Å². The van der Waals surface area contributed by atoms with Gasteiger partial charge in [-0.1, -0.05) is 19.1 Å². The van der Waals surface area contributed by atoms with Gasteiger partial charge in [-0.2, -0.15) is 0 Å². The molecule has 0 aliphatic carbocycles. The van der Waals surface area contributed by atoms with Crippen LogP contribution in [0.3, 0.4) is 0 Å². The Morgan fingerprint density at radius 3 is 2.95 bits per heavy atom. The van der Waals surface area contributed by atoms with Gasteiger partial charge in [-0.3, -0.25) is 4.79 Å². The average Bonchev–Trinajstić information content (AvgIpc) is 2.86. The number of ether oxygens (including phenoxy) is 1. The Hall–Kier alpha value is -1.55. The molecule has 20 heavy (non-hydrogen) atoms. The van der Waals surface area contributed by atoms with Gasteiger partial charge < -0.3 is 15.4 Å². The van der Waals surface area contributed by atoms with Crippen molar-refractivity contribution in [2.75, 3.05) is 17.2 Å². The van der Waals surface area contributed by atoms with Crippen molar-refractivity contribution in [3.05, 3.63) is 23.8 Å². The van der Waals surface area contributed by atoms with Gasteiger partial charge in [0.25, 0.3) is 5.91 Å². The molecular weight excluding hydrogens is 252 g/mol.